The van der Waals surface area contributed by atoms with E-state index in [1.807, 2.05) is 0 Å². The van der Waals surface area contributed by atoms with Gasteiger partial charge in [-0.3, -0.25) is 4.79 Å². The lowest BCUT2D eigenvalue weighted by Crippen LogP contribution is -2.48. The van der Waals surface area contributed by atoms with Crippen LogP contribution in [0.2, 0.25) is 0 Å². The Labute approximate surface area is 171 Å². The van der Waals surface area contributed by atoms with Crippen LogP contribution >= 0.6 is 0 Å². The maximum Gasteiger partial charge on any atom is 0.338 e. The monoisotopic (exact) mass is 416 g/mol. The molecular weight excluding hydrogens is 395 g/mol. The van der Waals surface area contributed by atoms with Crippen molar-refractivity contribution < 1.29 is 33.7 Å². The van der Waals surface area contributed by atoms with E-state index in [4.69, 9.17) is 14.6 Å². The lowest BCUT2D eigenvalue weighted by atomic mass is 10.0. The number of aromatic nitrogens is 1. The Balaban J connectivity index is 1.59. The predicted molar refractivity (Wildman–Crippen MR) is 102 cm³/mol. The van der Waals surface area contributed by atoms with Crippen molar-refractivity contribution in [3.8, 4) is 5.75 Å². The van der Waals surface area contributed by atoms with E-state index < -0.39 is 35.4 Å². The zero-order valence-electron chi connectivity index (χ0n) is 16.1. The van der Waals surface area contributed by atoms with Crippen molar-refractivity contribution in [1.29, 1.82) is 0 Å². The molecule has 0 spiro atoms. The molecule has 2 aliphatic heterocycles. The molecule has 4 rings (SSSR count). The number of aliphatic hydroxyl groups excluding tert-OH is 1. The number of carboxylic acids is 1. The van der Waals surface area contributed by atoms with Crippen LogP contribution in [0.5, 0.6) is 5.75 Å². The molecular formula is C21H21FN2O6. The number of hydrogen-bond donors (Lipinski definition) is 3. The van der Waals surface area contributed by atoms with Gasteiger partial charge in [-0.15, -0.1) is 0 Å². The number of nitrogens with one attached hydrogen (secondary N) is 1. The molecule has 1 fully saturated rings. The molecule has 1 aromatic heterocycles. The Hall–Kier alpha value is -3.04. The fourth-order valence-corrected chi connectivity index (χ4v) is 3.68. The number of amides is 1. The number of carboxylic acid groups (broad SMARTS) is 1. The average molecular weight is 416 g/mol. The number of pyridine rings is 1. The normalized spacial score (nSPS) is 20.3. The van der Waals surface area contributed by atoms with Gasteiger partial charge in [0.2, 0.25) is 0 Å². The molecule has 2 atom stereocenters. The van der Waals surface area contributed by atoms with E-state index >= 15 is 0 Å². The number of hydrogen-bond acceptors (Lipinski definition) is 6. The zero-order valence-corrected chi connectivity index (χ0v) is 16.1. The molecule has 2 aliphatic rings. The van der Waals surface area contributed by atoms with Crippen LogP contribution in [-0.4, -0.2) is 59.0 Å². The Morgan fingerprint density at radius 3 is 2.83 bits per heavy atom. The van der Waals surface area contributed by atoms with E-state index in [-0.39, 0.29) is 18.7 Å². The van der Waals surface area contributed by atoms with Crippen LogP contribution in [-0.2, 0) is 17.6 Å². The summed E-state index contributed by atoms with van der Waals surface area (Å²) in [5.41, 5.74) is 1.65. The highest BCUT2D eigenvalue weighted by Gasteiger charge is 2.28. The number of nitrogens with zero attached hydrogens (tertiary/aromatic N) is 1. The van der Waals surface area contributed by atoms with Crippen molar-refractivity contribution in [2.75, 3.05) is 19.8 Å². The summed E-state index contributed by atoms with van der Waals surface area (Å²) in [5, 5.41) is 21.8. The SMILES string of the molecule is O=C(N[C@H]1CCOC[C@@H]1O)c1cc(Cc2ccc(C(=O)O)c(F)c2)c2c(n1)CCO2. The summed E-state index contributed by atoms with van der Waals surface area (Å²) in [6.07, 6.45) is 0.524. The van der Waals surface area contributed by atoms with Crippen molar-refractivity contribution in [2.45, 2.75) is 31.4 Å². The molecule has 30 heavy (non-hydrogen) atoms. The van der Waals surface area contributed by atoms with Gasteiger partial charge in [0, 0.05) is 25.0 Å². The molecule has 0 unspecified atom stereocenters. The molecule has 158 valence electrons. The van der Waals surface area contributed by atoms with Gasteiger partial charge in [-0.25, -0.2) is 14.2 Å². The van der Waals surface area contributed by atoms with Gasteiger partial charge in [0.25, 0.3) is 5.91 Å². The molecule has 1 amide bonds. The third-order valence-corrected chi connectivity index (χ3v) is 5.24. The number of rotatable bonds is 5. The smallest absolute Gasteiger partial charge is 0.338 e. The summed E-state index contributed by atoms with van der Waals surface area (Å²) in [6, 6.07) is 5.10. The van der Waals surface area contributed by atoms with Crippen molar-refractivity contribution in [2.24, 2.45) is 0 Å². The van der Waals surface area contributed by atoms with Crippen molar-refractivity contribution in [3.63, 3.8) is 0 Å². The molecule has 1 aromatic carbocycles. The Bertz CT molecular complexity index is 996. The van der Waals surface area contributed by atoms with Crippen LogP contribution in [0.1, 0.15) is 44.1 Å². The molecule has 0 saturated carbocycles. The van der Waals surface area contributed by atoms with E-state index in [1.54, 1.807) is 6.07 Å². The number of benzene rings is 1. The third kappa shape index (κ3) is 4.12. The van der Waals surface area contributed by atoms with E-state index in [0.29, 0.717) is 48.6 Å². The largest absolute Gasteiger partial charge is 0.491 e. The highest BCUT2D eigenvalue weighted by Crippen LogP contribution is 2.31. The predicted octanol–water partition coefficient (Wildman–Crippen LogP) is 1.32. The first kappa shape index (κ1) is 20.2. The second-order valence-corrected chi connectivity index (χ2v) is 7.35. The Morgan fingerprint density at radius 2 is 2.10 bits per heavy atom. The molecule has 0 bridgehead atoms. The number of carbonyl (C=O) groups excluding carboxylic acids is 1. The number of fused-ring (bicyclic) bond motifs is 1. The maximum absolute atomic E-state index is 14.1. The Morgan fingerprint density at radius 1 is 1.27 bits per heavy atom. The second kappa shape index (κ2) is 8.37. The third-order valence-electron chi connectivity index (χ3n) is 5.24. The van der Waals surface area contributed by atoms with Gasteiger partial charge in [-0.1, -0.05) is 6.07 Å². The summed E-state index contributed by atoms with van der Waals surface area (Å²) in [7, 11) is 0. The van der Waals surface area contributed by atoms with Gasteiger partial charge < -0.3 is 25.0 Å². The van der Waals surface area contributed by atoms with Crippen molar-refractivity contribution >= 4 is 11.9 Å². The summed E-state index contributed by atoms with van der Waals surface area (Å²) < 4.78 is 24.9. The summed E-state index contributed by atoms with van der Waals surface area (Å²) in [5.74, 6) is -2.00. The maximum atomic E-state index is 14.1. The van der Waals surface area contributed by atoms with Crippen LogP contribution in [0.4, 0.5) is 4.39 Å². The topological polar surface area (TPSA) is 118 Å². The molecule has 0 radical (unpaired) electrons. The molecule has 1 saturated heterocycles. The van der Waals surface area contributed by atoms with Crippen LogP contribution in [0.3, 0.4) is 0 Å². The quantitative estimate of drug-likeness (QED) is 0.673. The number of aliphatic hydroxyl groups is 1. The molecule has 8 nitrogen and oxygen atoms in total. The van der Waals surface area contributed by atoms with E-state index in [9.17, 15) is 19.1 Å². The van der Waals surface area contributed by atoms with Crippen LogP contribution in [0.25, 0.3) is 0 Å². The summed E-state index contributed by atoms with van der Waals surface area (Å²) in [6.45, 7) is 1.06. The van der Waals surface area contributed by atoms with Crippen molar-refractivity contribution in [3.05, 3.63) is 58.2 Å². The molecule has 3 heterocycles. The molecule has 3 N–H and O–H groups in total. The molecule has 9 heteroatoms. The average Bonchev–Trinajstić information content (AvgIpc) is 3.18. The van der Waals surface area contributed by atoms with Gasteiger partial charge >= 0.3 is 5.97 Å². The summed E-state index contributed by atoms with van der Waals surface area (Å²) >= 11 is 0. The highest BCUT2D eigenvalue weighted by atomic mass is 19.1. The van der Waals surface area contributed by atoms with Crippen LogP contribution in [0, 0.1) is 5.82 Å². The molecule has 0 aliphatic carbocycles. The van der Waals surface area contributed by atoms with Gasteiger partial charge in [-0.2, -0.15) is 0 Å². The zero-order chi connectivity index (χ0) is 21.3. The minimum absolute atomic E-state index is 0.166. The lowest BCUT2D eigenvalue weighted by Gasteiger charge is -2.28. The Kier molecular flexibility index (Phi) is 5.65. The molecule has 2 aromatic rings. The van der Waals surface area contributed by atoms with Gasteiger partial charge in [0.1, 0.15) is 17.3 Å². The van der Waals surface area contributed by atoms with Gasteiger partial charge in [0.15, 0.2) is 0 Å². The van der Waals surface area contributed by atoms with Gasteiger partial charge in [-0.05, 0) is 30.2 Å². The van der Waals surface area contributed by atoms with Gasteiger partial charge in [0.05, 0.1) is 36.6 Å². The highest BCUT2D eigenvalue weighted by molar-refractivity contribution is 5.93. The van der Waals surface area contributed by atoms with Crippen LogP contribution < -0.4 is 10.1 Å². The first-order chi connectivity index (χ1) is 14.4. The lowest BCUT2D eigenvalue weighted by molar-refractivity contribution is -0.0261. The van der Waals surface area contributed by atoms with E-state index in [2.05, 4.69) is 10.3 Å². The fourth-order valence-electron chi connectivity index (χ4n) is 3.68. The van der Waals surface area contributed by atoms with Crippen LogP contribution in [0.15, 0.2) is 24.3 Å². The second-order valence-electron chi connectivity index (χ2n) is 7.35. The summed E-state index contributed by atoms with van der Waals surface area (Å²) in [4.78, 5) is 28.2. The van der Waals surface area contributed by atoms with E-state index in [1.165, 1.54) is 18.2 Å². The minimum atomic E-state index is -1.33. The minimum Gasteiger partial charge on any atom is -0.491 e. The first-order valence-electron chi connectivity index (χ1n) is 9.66. The van der Waals surface area contributed by atoms with Crippen molar-refractivity contribution in [1.82, 2.24) is 10.3 Å². The number of ether oxygens (including phenoxy) is 2. The first-order valence-corrected chi connectivity index (χ1v) is 9.66. The number of aromatic carboxylic acids is 1. The number of carbonyl (C=O) groups is 2. The fraction of sp³-hybridized carbons (Fsp3) is 0.381. The van der Waals surface area contributed by atoms with E-state index in [0.717, 1.165) is 0 Å². The standard InChI is InChI=1S/C21H21FN2O6/c22-14-8-11(1-2-13(14)21(27)28)7-12-9-17(23-16-4-6-30-19(12)16)20(26)24-15-3-5-29-10-18(15)25/h1-2,8-9,15,18,25H,3-7,10H2,(H,24,26)(H,27,28)/t15-,18-/m0/s1. The number of halogens is 1.